The quantitative estimate of drug-likeness (QED) is 0.634. The van der Waals surface area contributed by atoms with Crippen molar-refractivity contribution in [1.29, 1.82) is 5.26 Å². The minimum Gasteiger partial charge on any atom is -0.344 e. The summed E-state index contributed by atoms with van der Waals surface area (Å²) in [6, 6.07) is 11.4. The van der Waals surface area contributed by atoms with E-state index in [9.17, 15) is 10.1 Å². The van der Waals surface area contributed by atoms with Crippen LogP contribution in [0.25, 0.3) is 4.96 Å². The maximum Gasteiger partial charge on any atom is 0.275 e. The topological polar surface area (TPSA) is 77.5 Å². The van der Waals surface area contributed by atoms with Gasteiger partial charge < -0.3 is 4.90 Å². The monoisotopic (exact) mass is 430 g/mol. The van der Waals surface area contributed by atoms with Gasteiger partial charge in [0.15, 0.2) is 0 Å². The van der Waals surface area contributed by atoms with E-state index < -0.39 is 0 Å². The van der Waals surface area contributed by atoms with Gasteiger partial charge in [0.25, 0.3) is 5.56 Å². The molecule has 3 aromatic rings. The number of benzene rings is 1. The average Bonchev–Trinajstić information content (AvgIpc) is 3.10. The maximum atomic E-state index is 11.8. The first kappa shape index (κ1) is 17.1. The zero-order valence-corrected chi connectivity index (χ0v) is 16.2. The third kappa shape index (κ3) is 3.23. The summed E-state index contributed by atoms with van der Waals surface area (Å²) >= 11 is 4.84. The Labute approximate surface area is 162 Å². The molecule has 0 bridgehead atoms. The first-order valence-corrected chi connectivity index (χ1v) is 9.75. The predicted molar refractivity (Wildman–Crippen MR) is 103 cm³/mol. The summed E-state index contributed by atoms with van der Waals surface area (Å²) in [5.74, 6) is 0. The fourth-order valence-corrected chi connectivity index (χ4v) is 4.24. The van der Waals surface area contributed by atoms with Gasteiger partial charge in [-0.15, -0.1) is 5.10 Å². The highest BCUT2D eigenvalue weighted by Gasteiger charge is 2.26. The van der Waals surface area contributed by atoms with Gasteiger partial charge in [0.05, 0.1) is 6.07 Å². The van der Waals surface area contributed by atoms with E-state index in [2.05, 4.69) is 41.9 Å². The molecule has 0 aliphatic carbocycles. The fourth-order valence-electron chi connectivity index (χ4n) is 3.04. The average molecular weight is 431 g/mol. The van der Waals surface area contributed by atoms with Crippen molar-refractivity contribution in [3.8, 4) is 6.07 Å². The third-order valence-corrected chi connectivity index (χ3v) is 5.93. The van der Waals surface area contributed by atoms with Crippen molar-refractivity contribution in [3.63, 3.8) is 0 Å². The lowest BCUT2D eigenvalue weighted by Gasteiger charge is -2.36. The summed E-state index contributed by atoms with van der Waals surface area (Å²) < 4.78 is 2.34. The minimum atomic E-state index is -0.259. The molecule has 4 rings (SSSR count). The molecule has 1 aliphatic rings. The second-order valence-corrected chi connectivity index (χ2v) is 7.82. The zero-order chi connectivity index (χ0) is 18.1. The van der Waals surface area contributed by atoms with Crippen LogP contribution in [0.4, 0.5) is 5.13 Å². The lowest BCUT2D eigenvalue weighted by molar-refractivity contribution is 0.222. The summed E-state index contributed by atoms with van der Waals surface area (Å²) in [5.41, 5.74) is 0.829. The van der Waals surface area contributed by atoms with Crippen LogP contribution in [0.1, 0.15) is 11.6 Å². The van der Waals surface area contributed by atoms with Crippen molar-refractivity contribution in [2.45, 2.75) is 6.04 Å². The number of rotatable bonds is 3. The Balaban J connectivity index is 1.49. The van der Waals surface area contributed by atoms with E-state index in [-0.39, 0.29) is 11.6 Å². The van der Waals surface area contributed by atoms with Gasteiger partial charge in [-0.1, -0.05) is 39.4 Å². The van der Waals surface area contributed by atoms with Gasteiger partial charge >= 0.3 is 0 Å². The number of piperazine rings is 1. The normalized spacial score (nSPS) is 16.5. The molecule has 0 N–H and O–H groups in total. The first-order valence-electron chi connectivity index (χ1n) is 8.15. The molecule has 7 nitrogen and oxygen atoms in total. The highest BCUT2D eigenvalue weighted by Crippen LogP contribution is 2.26. The molecule has 0 saturated carbocycles. The summed E-state index contributed by atoms with van der Waals surface area (Å²) in [6.07, 6.45) is 1.51. The van der Waals surface area contributed by atoms with Crippen LogP contribution in [-0.4, -0.2) is 45.7 Å². The SMILES string of the molecule is N#CC(c1ccc(Br)cc1)N1CCN(c2nn3c(=O)ccnc3s2)CC1. The largest absolute Gasteiger partial charge is 0.344 e. The molecule has 2 aromatic heterocycles. The Bertz CT molecular complexity index is 1020. The van der Waals surface area contributed by atoms with Crippen LogP contribution in [-0.2, 0) is 0 Å². The van der Waals surface area contributed by atoms with E-state index >= 15 is 0 Å². The van der Waals surface area contributed by atoms with Crippen molar-refractivity contribution >= 4 is 37.4 Å². The minimum absolute atomic E-state index is 0.170. The number of hydrogen-bond donors (Lipinski definition) is 0. The summed E-state index contributed by atoms with van der Waals surface area (Å²) in [6.45, 7) is 3.02. The Kier molecular flexibility index (Phi) is 4.72. The molecular formula is C17H15BrN6OS. The molecular weight excluding hydrogens is 416 g/mol. The van der Waals surface area contributed by atoms with E-state index in [1.807, 2.05) is 24.3 Å². The molecule has 1 aromatic carbocycles. The number of fused-ring (bicyclic) bond motifs is 1. The highest BCUT2D eigenvalue weighted by atomic mass is 79.9. The maximum absolute atomic E-state index is 11.8. The molecule has 1 atom stereocenters. The van der Waals surface area contributed by atoms with E-state index in [1.54, 1.807) is 0 Å². The lowest BCUT2D eigenvalue weighted by Crippen LogP contribution is -2.47. The zero-order valence-electron chi connectivity index (χ0n) is 13.7. The molecule has 0 spiro atoms. The van der Waals surface area contributed by atoms with E-state index in [4.69, 9.17) is 0 Å². The smallest absolute Gasteiger partial charge is 0.275 e. The molecule has 1 saturated heterocycles. The van der Waals surface area contributed by atoms with Crippen LogP contribution >= 0.6 is 27.3 Å². The Morgan fingerprint density at radius 1 is 1.15 bits per heavy atom. The van der Waals surface area contributed by atoms with Crippen LogP contribution in [0.2, 0.25) is 0 Å². The first-order chi connectivity index (χ1) is 12.7. The fraction of sp³-hybridized carbons (Fsp3) is 0.294. The molecule has 0 amide bonds. The van der Waals surface area contributed by atoms with E-state index in [0.29, 0.717) is 4.96 Å². The van der Waals surface area contributed by atoms with Crippen molar-refractivity contribution < 1.29 is 0 Å². The molecule has 1 fully saturated rings. The highest BCUT2D eigenvalue weighted by molar-refractivity contribution is 9.10. The molecule has 26 heavy (non-hydrogen) atoms. The van der Waals surface area contributed by atoms with Gasteiger partial charge in [-0.3, -0.25) is 9.69 Å². The van der Waals surface area contributed by atoms with Gasteiger partial charge in [0, 0.05) is 42.9 Å². The van der Waals surface area contributed by atoms with Crippen LogP contribution in [0.3, 0.4) is 0 Å². The van der Waals surface area contributed by atoms with Crippen LogP contribution in [0.15, 0.2) is 45.8 Å². The van der Waals surface area contributed by atoms with E-state index in [1.165, 1.54) is 28.1 Å². The molecule has 1 unspecified atom stereocenters. The number of nitriles is 1. The number of halogens is 1. The van der Waals surface area contributed by atoms with Crippen molar-refractivity contribution in [3.05, 3.63) is 56.9 Å². The molecule has 3 heterocycles. The second kappa shape index (κ2) is 7.15. The number of anilines is 1. The summed E-state index contributed by atoms with van der Waals surface area (Å²) in [5, 5.41) is 14.8. The molecule has 1 aliphatic heterocycles. The molecule has 0 radical (unpaired) electrons. The van der Waals surface area contributed by atoms with Crippen molar-refractivity contribution in [2.75, 3.05) is 31.1 Å². The van der Waals surface area contributed by atoms with Crippen molar-refractivity contribution in [2.24, 2.45) is 0 Å². The second-order valence-electron chi connectivity index (χ2n) is 5.97. The summed E-state index contributed by atoms with van der Waals surface area (Å²) in [7, 11) is 0. The number of nitrogens with zero attached hydrogens (tertiary/aromatic N) is 6. The van der Waals surface area contributed by atoms with Crippen molar-refractivity contribution in [1.82, 2.24) is 19.5 Å². The predicted octanol–water partition coefficient (Wildman–Crippen LogP) is 2.30. The Morgan fingerprint density at radius 2 is 1.88 bits per heavy atom. The molecule has 9 heteroatoms. The lowest BCUT2D eigenvalue weighted by atomic mass is 10.1. The van der Waals surface area contributed by atoms with Gasteiger partial charge in [-0.2, -0.15) is 9.78 Å². The van der Waals surface area contributed by atoms with Crippen LogP contribution in [0.5, 0.6) is 0 Å². The van der Waals surface area contributed by atoms with Crippen LogP contribution < -0.4 is 10.5 Å². The van der Waals surface area contributed by atoms with Gasteiger partial charge in [-0.25, -0.2) is 4.98 Å². The standard InChI is InChI=1S/C17H15BrN6OS/c18-13-3-1-12(2-4-13)14(11-19)22-7-9-23(10-8-22)17-21-24-15(25)5-6-20-16(24)26-17/h1-6,14H,7-10H2. The molecule has 132 valence electrons. The van der Waals surface area contributed by atoms with Gasteiger partial charge in [-0.05, 0) is 17.7 Å². The Morgan fingerprint density at radius 3 is 2.54 bits per heavy atom. The Hall–Kier alpha value is -2.28. The van der Waals surface area contributed by atoms with Crippen LogP contribution in [0, 0.1) is 11.3 Å². The van der Waals surface area contributed by atoms with E-state index in [0.717, 1.165) is 41.3 Å². The number of hydrogen-bond acceptors (Lipinski definition) is 7. The van der Waals surface area contributed by atoms with Gasteiger partial charge in [0.1, 0.15) is 6.04 Å². The van der Waals surface area contributed by atoms with Gasteiger partial charge in [0.2, 0.25) is 10.1 Å². The third-order valence-electron chi connectivity index (χ3n) is 4.42. The number of aromatic nitrogens is 3. The summed E-state index contributed by atoms with van der Waals surface area (Å²) in [4.78, 5) is 21.0.